The van der Waals surface area contributed by atoms with E-state index in [2.05, 4.69) is 20.8 Å². The molecule has 0 saturated heterocycles. The van der Waals surface area contributed by atoms with E-state index in [1.807, 2.05) is 30.3 Å². The van der Waals surface area contributed by atoms with Crippen molar-refractivity contribution < 1.29 is 4.21 Å². The zero-order valence-electron chi connectivity index (χ0n) is 10.3. The minimum Gasteiger partial charge on any atom is -0.326 e. The van der Waals surface area contributed by atoms with Gasteiger partial charge in [0.05, 0.1) is 0 Å². The minimum atomic E-state index is -0.873. The monoisotopic (exact) mass is 239 g/mol. The van der Waals surface area contributed by atoms with Gasteiger partial charge in [0.25, 0.3) is 0 Å². The van der Waals surface area contributed by atoms with Gasteiger partial charge in [-0.2, -0.15) is 0 Å². The molecule has 1 aromatic carbocycles. The van der Waals surface area contributed by atoms with Crippen LogP contribution in [0.2, 0.25) is 0 Å². The predicted octanol–water partition coefficient (Wildman–Crippen LogP) is 2.31. The molecule has 0 aliphatic rings. The summed E-state index contributed by atoms with van der Waals surface area (Å²) in [7, 11) is -0.873. The van der Waals surface area contributed by atoms with Crippen LogP contribution in [0, 0.1) is 5.41 Å². The lowest BCUT2D eigenvalue weighted by Gasteiger charge is -2.26. The molecule has 3 heteroatoms. The van der Waals surface area contributed by atoms with E-state index in [1.165, 1.54) is 0 Å². The van der Waals surface area contributed by atoms with Gasteiger partial charge in [0, 0.05) is 28.3 Å². The van der Waals surface area contributed by atoms with Crippen molar-refractivity contribution in [3.63, 3.8) is 0 Å². The summed E-state index contributed by atoms with van der Waals surface area (Å²) in [6.45, 7) is 6.24. The van der Waals surface area contributed by atoms with E-state index in [0.717, 1.165) is 5.56 Å². The smallest absolute Gasteiger partial charge is 0.0486 e. The molecule has 90 valence electrons. The van der Waals surface area contributed by atoms with Crippen molar-refractivity contribution >= 4 is 10.8 Å². The van der Waals surface area contributed by atoms with Crippen LogP contribution in [-0.4, -0.2) is 16.0 Å². The number of benzene rings is 1. The molecule has 2 nitrogen and oxygen atoms in total. The van der Waals surface area contributed by atoms with Crippen molar-refractivity contribution in [1.29, 1.82) is 0 Å². The Labute approximate surface area is 101 Å². The summed E-state index contributed by atoms with van der Waals surface area (Å²) < 4.78 is 11.9. The molecule has 0 aromatic heterocycles. The SMILES string of the molecule is CC(C)(C)C(N)CS(=O)Cc1ccccc1. The van der Waals surface area contributed by atoms with Gasteiger partial charge < -0.3 is 5.73 Å². The Kier molecular flexibility index (Phi) is 4.69. The van der Waals surface area contributed by atoms with Crippen LogP contribution in [0.3, 0.4) is 0 Å². The van der Waals surface area contributed by atoms with Crippen LogP contribution in [0.1, 0.15) is 26.3 Å². The number of hydrogen-bond donors (Lipinski definition) is 1. The van der Waals surface area contributed by atoms with Crippen molar-refractivity contribution in [3.8, 4) is 0 Å². The summed E-state index contributed by atoms with van der Waals surface area (Å²) in [5.41, 5.74) is 7.15. The molecule has 0 saturated carbocycles. The molecule has 0 aliphatic heterocycles. The van der Waals surface area contributed by atoms with Crippen LogP contribution in [0.15, 0.2) is 30.3 Å². The predicted molar refractivity (Wildman–Crippen MR) is 70.6 cm³/mol. The molecule has 0 bridgehead atoms. The molecule has 1 rings (SSSR count). The van der Waals surface area contributed by atoms with Gasteiger partial charge in [-0.3, -0.25) is 4.21 Å². The zero-order valence-corrected chi connectivity index (χ0v) is 11.1. The molecule has 16 heavy (non-hydrogen) atoms. The van der Waals surface area contributed by atoms with Crippen molar-refractivity contribution in [2.24, 2.45) is 11.1 Å². The highest BCUT2D eigenvalue weighted by Crippen LogP contribution is 2.18. The first kappa shape index (κ1) is 13.4. The average molecular weight is 239 g/mol. The van der Waals surface area contributed by atoms with Gasteiger partial charge in [0.1, 0.15) is 0 Å². The highest BCUT2D eigenvalue weighted by Gasteiger charge is 2.22. The third-order valence-electron chi connectivity index (χ3n) is 2.65. The summed E-state index contributed by atoms with van der Waals surface area (Å²) in [5, 5.41) is 0. The quantitative estimate of drug-likeness (QED) is 0.876. The number of hydrogen-bond acceptors (Lipinski definition) is 2. The summed E-state index contributed by atoms with van der Waals surface area (Å²) in [6.07, 6.45) is 0. The van der Waals surface area contributed by atoms with Crippen molar-refractivity contribution in [1.82, 2.24) is 0 Å². The Hall–Kier alpha value is -0.670. The van der Waals surface area contributed by atoms with E-state index in [1.54, 1.807) is 0 Å². The van der Waals surface area contributed by atoms with Crippen molar-refractivity contribution in [3.05, 3.63) is 35.9 Å². The number of nitrogens with two attached hydrogens (primary N) is 1. The Morgan fingerprint density at radius 1 is 1.25 bits per heavy atom. The zero-order chi connectivity index (χ0) is 12.2. The van der Waals surface area contributed by atoms with E-state index < -0.39 is 10.8 Å². The van der Waals surface area contributed by atoms with E-state index in [-0.39, 0.29) is 11.5 Å². The molecule has 0 heterocycles. The van der Waals surface area contributed by atoms with Crippen LogP contribution in [0.25, 0.3) is 0 Å². The summed E-state index contributed by atoms with van der Waals surface area (Å²) >= 11 is 0. The fraction of sp³-hybridized carbons (Fsp3) is 0.538. The van der Waals surface area contributed by atoms with Crippen molar-refractivity contribution in [2.45, 2.75) is 32.6 Å². The maximum Gasteiger partial charge on any atom is 0.0486 e. The van der Waals surface area contributed by atoms with Crippen LogP contribution < -0.4 is 5.73 Å². The van der Waals surface area contributed by atoms with Gasteiger partial charge in [-0.15, -0.1) is 0 Å². The summed E-state index contributed by atoms with van der Waals surface area (Å²) in [4.78, 5) is 0. The van der Waals surface area contributed by atoms with Crippen molar-refractivity contribution in [2.75, 3.05) is 5.75 Å². The molecule has 0 spiro atoms. The molecule has 2 atom stereocenters. The fourth-order valence-electron chi connectivity index (χ4n) is 1.27. The molecular formula is C13H21NOS. The fourth-order valence-corrected chi connectivity index (χ4v) is 2.85. The second-order valence-corrected chi connectivity index (χ2v) is 6.71. The third kappa shape index (κ3) is 4.45. The lowest BCUT2D eigenvalue weighted by Crippen LogP contribution is -2.39. The number of rotatable bonds is 4. The molecule has 2 unspecified atom stereocenters. The first-order chi connectivity index (χ1) is 7.39. The van der Waals surface area contributed by atoms with Gasteiger partial charge in [-0.25, -0.2) is 0 Å². The van der Waals surface area contributed by atoms with Crippen LogP contribution >= 0.6 is 0 Å². The van der Waals surface area contributed by atoms with Gasteiger partial charge in [-0.05, 0) is 11.0 Å². The second kappa shape index (κ2) is 5.60. The minimum absolute atomic E-state index is 0.0166. The largest absolute Gasteiger partial charge is 0.326 e. The molecule has 2 N–H and O–H groups in total. The van der Waals surface area contributed by atoms with E-state index in [0.29, 0.717) is 11.5 Å². The molecule has 0 aliphatic carbocycles. The topological polar surface area (TPSA) is 43.1 Å². The highest BCUT2D eigenvalue weighted by molar-refractivity contribution is 7.84. The highest BCUT2D eigenvalue weighted by atomic mass is 32.2. The second-order valence-electron chi connectivity index (χ2n) is 5.21. The summed E-state index contributed by atoms with van der Waals surface area (Å²) in [6, 6.07) is 9.89. The lowest BCUT2D eigenvalue weighted by molar-refractivity contribution is 0.342. The normalized spacial score (nSPS) is 15.8. The maximum atomic E-state index is 11.9. The Bertz CT molecular complexity index is 343. The molecule has 0 radical (unpaired) electrons. The molecular weight excluding hydrogens is 218 g/mol. The maximum absolute atomic E-state index is 11.9. The Morgan fingerprint density at radius 3 is 2.31 bits per heavy atom. The van der Waals surface area contributed by atoms with E-state index in [4.69, 9.17) is 5.73 Å². The molecule has 1 aromatic rings. The Morgan fingerprint density at radius 2 is 1.81 bits per heavy atom. The van der Waals surface area contributed by atoms with Gasteiger partial charge in [0.15, 0.2) is 0 Å². The first-order valence-electron chi connectivity index (χ1n) is 5.54. The van der Waals surface area contributed by atoms with Crippen LogP contribution in [0.4, 0.5) is 0 Å². The van der Waals surface area contributed by atoms with E-state index >= 15 is 0 Å². The first-order valence-corrected chi connectivity index (χ1v) is 7.03. The van der Waals surface area contributed by atoms with E-state index in [9.17, 15) is 4.21 Å². The van der Waals surface area contributed by atoms with Crippen LogP contribution in [-0.2, 0) is 16.6 Å². The molecule has 0 fully saturated rings. The summed E-state index contributed by atoms with van der Waals surface area (Å²) in [5.74, 6) is 1.17. The van der Waals surface area contributed by atoms with Gasteiger partial charge >= 0.3 is 0 Å². The van der Waals surface area contributed by atoms with Crippen LogP contribution in [0.5, 0.6) is 0 Å². The third-order valence-corrected chi connectivity index (χ3v) is 4.03. The van der Waals surface area contributed by atoms with Gasteiger partial charge in [-0.1, -0.05) is 51.1 Å². The lowest BCUT2D eigenvalue weighted by atomic mass is 9.89. The molecule has 0 amide bonds. The Balaban J connectivity index is 2.49. The van der Waals surface area contributed by atoms with Gasteiger partial charge in [0.2, 0.25) is 0 Å². The standard InChI is InChI=1S/C13H21NOS/c1-13(2,3)12(14)10-16(15)9-11-7-5-4-6-8-11/h4-8,12H,9-10,14H2,1-3H3. The average Bonchev–Trinajstić information content (AvgIpc) is 2.17.